The van der Waals surface area contributed by atoms with E-state index in [0.717, 1.165) is 6.42 Å². The maximum atomic E-state index is 12.6. The first-order valence-corrected chi connectivity index (χ1v) is 8.53. The lowest BCUT2D eigenvalue weighted by molar-refractivity contribution is -0.138. The summed E-state index contributed by atoms with van der Waals surface area (Å²) in [5.74, 6) is -1.31. The zero-order valence-electron chi connectivity index (χ0n) is 15.3. The molecule has 2 N–H and O–H groups in total. The Morgan fingerprint density at radius 1 is 1.28 bits per heavy atom. The number of carbonyl (C=O) groups excluding carboxylic acids is 2. The number of nitrogens with zero attached hydrogens (tertiary/aromatic N) is 1. The molecule has 1 unspecified atom stereocenters. The van der Waals surface area contributed by atoms with Crippen LogP contribution in [-0.4, -0.2) is 40.4 Å². The summed E-state index contributed by atoms with van der Waals surface area (Å²) in [7, 11) is 0. The van der Waals surface area contributed by atoms with Gasteiger partial charge in [0.15, 0.2) is 0 Å². The SMILES string of the molecule is Cc1ccc(NC(=O)C2CCCN2C(=O)CC(C)(C)C)cc1C(=O)O. The fourth-order valence-corrected chi connectivity index (χ4v) is 3.05. The highest BCUT2D eigenvalue weighted by molar-refractivity contribution is 5.99. The molecule has 1 aliphatic heterocycles. The molecule has 0 spiro atoms. The Hall–Kier alpha value is -2.37. The lowest BCUT2D eigenvalue weighted by Crippen LogP contribution is -2.44. The number of hydrogen-bond acceptors (Lipinski definition) is 3. The minimum atomic E-state index is -1.03. The molecule has 136 valence electrons. The van der Waals surface area contributed by atoms with Crippen LogP contribution in [-0.2, 0) is 9.59 Å². The standard InChI is InChI=1S/C19H26N2O4/c1-12-7-8-13(10-14(12)18(24)25)20-17(23)15-6-5-9-21(15)16(22)11-19(2,3)4/h7-8,10,15H,5-6,9,11H2,1-4H3,(H,20,23)(H,24,25). The average molecular weight is 346 g/mol. The molecule has 1 aromatic carbocycles. The fraction of sp³-hybridized carbons (Fsp3) is 0.526. The molecule has 0 aliphatic carbocycles. The van der Waals surface area contributed by atoms with Gasteiger partial charge in [-0.05, 0) is 42.9 Å². The number of carboxylic acids is 1. The van der Waals surface area contributed by atoms with Gasteiger partial charge in [-0.25, -0.2) is 4.79 Å². The first kappa shape index (κ1) is 19.0. The number of amides is 2. The Bertz CT molecular complexity index is 691. The van der Waals surface area contributed by atoms with Crippen LogP contribution in [0.4, 0.5) is 5.69 Å². The molecule has 0 aromatic heterocycles. The lowest BCUT2D eigenvalue weighted by atomic mass is 9.91. The highest BCUT2D eigenvalue weighted by Gasteiger charge is 2.35. The minimum absolute atomic E-state index is 0.0136. The van der Waals surface area contributed by atoms with Gasteiger partial charge in [0.05, 0.1) is 5.56 Å². The summed E-state index contributed by atoms with van der Waals surface area (Å²) in [6, 6.07) is 4.29. The van der Waals surface area contributed by atoms with Crippen LogP contribution in [0.5, 0.6) is 0 Å². The van der Waals surface area contributed by atoms with E-state index in [-0.39, 0.29) is 22.8 Å². The molecule has 1 fully saturated rings. The van der Waals surface area contributed by atoms with Crippen LogP contribution in [0.3, 0.4) is 0 Å². The Morgan fingerprint density at radius 3 is 2.56 bits per heavy atom. The van der Waals surface area contributed by atoms with Gasteiger partial charge in [-0.2, -0.15) is 0 Å². The fourth-order valence-electron chi connectivity index (χ4n) is 3.05. The number of nitrogens with one attached hydrogen (secondary N) is 1. The molecule has 2 rings (SSSR count). The van der Waals surface area contributed by atoms with Crippen molar-refractivity contribution < 1.29 is 19.5 Å². The molecule has 2 amide bonds. The summed E-state index contributed by atoms with van der Waals surface area (Å²) in [6.07, 6.45) is 1.81. The molecule has 6 nitrogen and oxygen atoms in total. The van der Waals surface area contributed by atoms with Gasteiger partial charge < -0.3 is 15.3 Å². The van der Waals surface area contributed by atoms with Crippen molar-refractivity contribution in [2.24, 2.45) is 5.41 Å². The van der Waals surface area contributed by atoms with Gasteiger partial charge in [-0.3, -0.25) is 9.59 Å². The first-order chi connectivity index (χ1) is 11.6. The van der Waals surface area contributed by atoms with Crippen LogP contribution in [0, 0.1) is 12.3 Å². The summed E-state index contributed by atoms with van der Waals surface area (Å²) < 4.78 is 0. The van der Waals surface area contributed by atoms with Crippen molar-refractivity contribution in [3.8, 4) is 0 Å². The molecule has 1 heterocycles. The van der Waals surface area contributed by atoms with Crippen molar-refractivity contribution in [3.63, 3.8) is 0 Å². The van der Waals surface area contributed by atoms with Gasteiger partial charge >= 0.3 is 5.97 Å². The van der Waals surface area contributed by atoms with E-state index < -0.39 is 12.0 Å². The number of anilines is 1. The van der Waals surface area contributed by atoms with Crippen LogP contribution in [0.25, 0.3) is 0 Å². The summed E-state index contributed by atoms with van der Waals surface area (Å²) in [6.45, 7) is 8.28. The number of benzene rings is 1. The first-order valence-electron chi connectivity index (χ1n) is 8.53. The topological polar surface area (TPSA) is 86.7 Å². The van der Waals surface area contributed by atoms with Crippen LogP contribution in [0.15, 0.2) is 18.2 Å². The predicted octanol–water partition coefficient (Wildman–Crippen LogP) is 3.06. The maximum absolute atomic E-state index is 12.6. The van der Waals surface area contributed by atoms with Gasteiger partial charge in [-0.15, -0.1) is 0 Å². The number of carbonyl (C=O) groups is 3. The molecule has 0 saturated carbocycles. The monoisotopic (exact) mass is 346 g/mol. The quantitative estimate of drug-likeness (QED) is 0.877. The Labute approximate surface area is 148 Å². The third kappa shape index (κ3) is 4.81. The number of aromatic carboxylic acids is 1. The van der Waals surface area contributed by atoms with E-state index in [1.165, 1.54) is 6.07 Å². The van der Waals surface area contributed by atoms with Crippen molar-refractivity contribution in [1.82, 2.24) is 4.90 Å². The van der Waals surface area contributed by atoms with Gasteiger partial charge in [0, 0.05) is 18.7 Å². The van der Waals surface area contributed by atoms with E-state index in [9.17, 15) is 19.5 Å². The van der Waals surface area contributed by atoms with Crippen LogP contribution >= 0.6 is 0 Å². The lowest BCUT2D eigenvalue weighted by Gasteiger charge is -2.27. The number of likely N-dealkylation sites (tertiary alicyclic amines) is 1. The summed E-state index contributed by atoms with van der Waals surface area (Å²) in [4.78, 5) is 38.0. The molecule has 25 heavy (non-hydrogen) atoms. The zero-order valence-corrected chi connectivity index (χ0v) is 15.3. The second kappa shape index (κ2) is 7.25. The van der Waals surface area contributed by atoms with Crippen molar-refractivity contribution in [2.75, 3.05) is 11.9 Å². The Kier molecular flexibility index (Phi) is 5.50. The normalized spacial score (nSPS) is 17.4. The molecular weight excluding hydrogens is 320 g/mol. The smallest absolute Gasteiger partial charge is 0.336 e. The number of hydrogen-bond donors (Lipinski definition) is 2. The van der Waals surface area contributed by atoms with Crippen molar-refractivity contribution in [3.05, 3.63) is 29.3 Å². The predicted molar refractivity (Wildman–Crippen MR) is 95.6 cm³/mol. The third-order valence-corrected chi connectivity index (χ3v) is 4.29. The summed E-state index contributed by atoms with van der Waals surface area (Å²) in [5, 5.41) is 12.0. The van der Waals surface area contributed by atoms with Crippen molar-refractivity contribution in [2.45, 2.75) is 53.0 Å². The van der Waals surface area contributed by atoms with E-state index in [0.29, 0.717) is 30.6 Å². The maximum Gasteiger partial charge on any atom is 0.336 e. The second-order valence-electron chi connectivity index (χ2n) is 7.81. The molecule has 0 radical (unpaired) electrons. The molecule has 6 heteroatoms. The average Bonchev–Trinajstić information content (AvgIpc) is 2.97. The number of carboxylic acid groups (broad SMARTS) is 1. The molecular formula is C19H26N2O4. The van der Waals surface area contributed by atoms with E-state index in [1.807, 2.05) is 20.8 Å². The highest BCUT2D eigenvalue weighted by Crippen LogP contribution is 2.26. The van der Waals surface area contributed by atoms with Gasteiger partial charge in [0.1, 0.15) is 6.04 Å². The Morgan fingerprint density at radius 2 is 1.96 bits per heavy atom. The third-order valence-electron chi connectivity index (χ3n) is 4.29. The Balaban J connectivity index is 2.11. The summed E-state index contributed by atoms with van der Waals surface area (Å²) >= 11 is 0. The van der Waals surface area contributed by atoms with Gasteiger partial charge in [-0.1, -0.05) is 26.8 Å². The molecule has 1 aromatic rings. The molecule has 1 atom stereocenters. The number of rotatable bonds is 4. The molecule has 1 saturated heterocycles. The largest absolute Gasteiger partial charge is 0.478 e. The molecule has 1 aliphatic rings. The second-order valence-corrected chi connectivity index (χ2v) is 7.81. The van der Waals surface area contributed by atoms with Crippen LogP contribution in [0.2, 0.25) is 0 Å². The van der Waals surface area contributed by atoms with E-state index in [4.69, 9.17) is 0 Å². The number of aryl methyl sites for hydroxylation is 1. The van der Waals surface area contributed by atoms with Crippen LogP contribution < -0.4 is 5.32 Å². The zero-order chi connectivity index (χ0) is 18.8. The minimum Gasteiger partial charge on any atom is -0.478 e. The summed E-state index contributed by atoms with van der Waals surface area (Å²) in [5.41, 5.74) is 1.09. The van der Waals surface area contributed by atoms with Gasteiger partial charge in [0.25, 0.3) is 0 Å². The van der Waals surface area contributed by atoms with E-state index in [2.05, 4.69) is 5.32 Å². The van der Waals surface area contributed by atoms with Crippen molar-refractivity contribution in [1.29, 1.82) is 0 Å². The van der Waals surface area contributed by atoms with Gasteiger partial charge in [0.2, 0.25) is 11.8 Å². The highest BCUT2D eigenvalue weighted by atomic mass is 16.4. The van der Waals surface area contributed by atoms with E-state index in [1.54, 1.807) is 24.0 Å². The molecule has 0 bridgehead atoms. The van der Waals surface area contributed by atoms with Crippen LogP contribution in [0.1, 0.15) is 56.0 Å². The van der Waals surface area contributed by atoms with Crippen molar-refractivity contribution >= 4 is 23.5 Å². The van der Waals surface area contributed by atoms with E-state index >= 15 is 0 Å².